The number of guanidine groups is 1. The minimum atomic E-state index is -0.250. The standard InChI is InChI=1S/C13H19ClN4O2/c1-15-13(17-8-6-12(19)20-2)16-7-5-10-3-4-11(14)18-9-10/h3-4,9H,5-8H2,1-2H3,(H2,15,16,17). The molecule has 0 spiro atoms. The lowest BCUT2D eigenvalue weighted by molar-refractivity contribution is -0.140. The molecular formula is C13H19ClN4O2. The van der Waals surface area contributed by atoms with E-state index >= 15 is 0 Å². The molecule has 1 aromatic heterocycles. The number of pyridine rings is 1. The van der Waals surface area contributed by atoms with Crippen LogP contribution in [0.5, 0.6) is 0 Å². The van der Waals surface area contributed by atoms with E-state index in [4.69, 9.17) is 11.6 Å². The summed E-state index contributed by atoms with van der Waals surface area (Å²) in [5.41, 5.74) is 1.09. The zero-order valence-electron chi connectivity index (χ0n) is 11.6. The van der Waals surface area contributed by atoms with Crippen molar-refractivity contribution in [3.63, 3.8) is 0 Å². The Bertz CT molecular complexity index is 448. The summed E-state index contributed by atoms with van der Waals surface area (Å²) in [5.74, 6) is 0.399. The van der Waals surface area contributed by atoms with Gasteiger partial charge in [0, 0.05) is 26.3 Å². The van der Waals surface area contributed by atoms with Crippen LogP contribution in [0, 0.1) is 0 Å². The summed E-state index contributed by atoms with van der Waals surface area (Å²) in [6.07, 6.45) is 2.86. The molecule has 20 heavy (non-hydrogen) atoms. The number of hydrogen-bond donors (Lipinski definition) is 2. The molecular weight excluding hydrogens is 280 g/mol. The van der Waals surface area contributed by atoms with Crippen molar-refractivity contribution in [2.45, 2.75) is 12.8 Å². The molecule has 0 atom stereocenters. The van der Waals surface area contributed by atoms with Gasteiger partial charge in [-0.3, -0.25) is 9.79 Å². The first-order chi connectivity index (χ1) is 9.65. The predicted molar refractivity (Wildman–Crippen MR) is 78.9 cm³/mol. The van der Waals surface area contributed by atoms with Crippen molar-refractivity contribution in [2.75, 3.05) is 27.2 Å². The zero-order valence-corrected chi connectivity index (χ0v) is 12.4. The van der Waals surface area contributed by atoms with E-state index in [0.717, 1.165) is 12.0 Å². The topological polar surface area (TPSA) is 75.6 Å². The van der Waals surface area contributed by atoms with Gasteiger partial charge in [-0.1, -0.05) is 17.7 Å². The Morgan fingerprint density at radius 2 is 2.15 bits per heavy atom. The van der Waals surface area contributed by atoms with E-state index < -0.39 is 0 Å². The molecule has 1 aromatic rings. The third kappa shape index (κ3) is 6.38. The number of nitrogens with zero attached hydrogens (tertiary/aromatic N) is 2. The predicted octanol–water partition coefficient (Wildman–Crippen LogP) is 1.01. The smallest absolute Gasteiger partial charge is 0.307 e. The first kappa shape index (κ1) is 16.2. The van der Waals surface area contributed by atoms with Gasteiger partial charge >= 0.3 is 5.97 Å². The summed E-state index contributed by atoms with van der Waals surface area (Å²) in [5, 5.41) is 6.67. The summed E-state index contributed by atoms with van der Waals surface area (Å²) in [7, 11) is 3.05. The van der Waals surface area contributed by atoms with Crippen molar-refractivity contribution in [1.82, 2.24) is 15.6 Å². The largest absolute Gasteiger partial charge is 0.469 e. The number of hydrogen-bond acceptors (Lipinski definition) is 4. The van der Waals surface area contributed by atoms with E-state index in [1.54, 1.807) is 19.3 Å². The van der Waals surface area contributed by atoms with Gasteiger partial charge < -0.3 is 15.4 Å². The molecule has 0 radical (unpaired) electrons. The van der Waals surface area contributed by atoms with Gasteiger partial charge in [0.1, 0.15) is 5.15 Å². The third-order valence-electron chi connectivity index (χ3n) is 2.57. The Morgan fingerprint density at radius 3 is 2.75 bits per heavy atom. The van der Waals surface area contributed by atoms with Crippen molar-refractivity contribution >= 4 is 23.5 Å². The maximum Gasteiger partial charge on any atom is 0.307 e. The average Bonchev–Trinajstić information content (AvgIpc) is 2.47. The molecule has 0 aliphatic heterocycles. The Balaban J connectivity index is 2.24. The number of ether oxygens (including phenoxy) is 1. The van der Waals surface area contributed by atoms with Crippen LogP contribution in [0.3, 0.4) is 0 Å². The van der Waals surface area contributed by atoms with E-state index in [9.17, 15) is 4.79 Å². The summed E-state index contributed by atoms with van der Waals surface area (Å²) in [6, 6.07) is 3.70. The van der Waals surface area contributed by atoms with Gasteiger partial charge in [0.05, 0.1) is 13.5 Å². The van der Waals surface area contributed by atoms with E-state index in [0.29, 0.717) is 30.6 Å². The molecule has 1 rings (SSSR count). The number of methoxy groups -OCH3 is 1. The first-order valence-electron chi connectivity index (χ1n) is 6.27. The highest BCUT2D eigenvalue weighted by Crippen LogP contribution is 2.05. The van der Waals surface area contributed by atoms with Crippen LogP contribution >= 0.6 is 11.6 Å². The molecule has 7 heteroatoms. The van der Waals surface area contributed by atoms with Gasteiger partial charge in [-0.2, -0.15) is 0 Å². The number of esters is 1. The van der Waals surface area contributed by atoms with Crippen LogP contribution in [-0.4, -0.2) is 44.2 Å². The number of halogens is 1. The van der Waals surface area contributed by atoms with Crippen LogP contribution in [0.15, 0.2) is 23.3 Å². The number of nitrogens with one attached hydrogen (secondary N) is 2. The highest BCUT2D eigenvalue weighted by molar-refractivity contribution is 6.29. The second kappa shape index (κ2) is 9.14. The molecule has 110 valence electrons. The van der Waals surface area contributed by atoms with Crippen LogP contribution in [0.1, 0.15) is 12.0 Å². The third-order valence-corrected chi connectivity index (χ3v) is 2.79. The van der Waals surface area contributed by atoms with Crippen molar-refractivity contribution in [3.8, 4) is 0 Å². The number of aromatic nitrogens is 1. The van der Waals surface area contributed by atoms with Crippen LogP contribution in [0.4, 0.5) is 0 Å². The van der Waals surface area contributed by atoms with E-state index in [1.165, 1.54) is 7.11 Å². The molecule has 6 nitrogen and oxygen atoms in total. The lowest BCUT2D eigenvalue weighted by Crippen LogP contribution is -2.39. The number of carbonyl (C=O) groups excluding carboxylic acids is 1. The van der Waals surface area contributed by atoms with Gasteiger partial charge in [-0.15, -0.1) is 0 Å². The lowest BCUT2D eigenvalue weighted by Gasteiger charge is -2.11. The second-order valence-electron chi connectivity index (χ2n) is 3.99. The van der Waals surface area contributed by atoms with Crippen molar-refractivity contribution in [1.29, 1.82) is 0 Å². The Labute approximate surface area is 123 Å². The SMILES string of the molecule is CN=C(NCCC(=O)OC)NCCc1ccc(Cl)nc1. The molecule has 0 unspecified atom stereocenters. The van der Waals surface area contributed by atoms with E-state index in [2.05, 4.69) is 25.3 Å². The lowest BCUT2D eigenvalue weighted by atomic mass is 10.2. The maximum atomic E-state index is 11.0. The van der Waals surface area contributed by atoms with Crippen molar-refractivity contribution in [2.24, 2.45) is 4.99 Å². The fourth-order valence-electron chi connectivity index (χ4n) is 1.49. The minimum Gasteiger partial charge on any atom is -0.469 e. The second-order valence-corrected chi connectivity index (χ2v) is 4.38. The zero-order chi connectivity index (χ0) is 14.8. The normalized spacial score (nSPS) is 11.1. The Kier molecular flexibility index (Phi) is 7.42. The van der Waals surface area contributed by atoms with Gasteiger partial charge in [-0.25, -0.2) is 4.98 Å². The molecule has 0 aliphatic rings. The number of rotatable bonds is 6. The van der Waals surface area contributed by atoms with E-state index in [1.807, 2.05) is 6.07 Å². The molecule has 0 bridgehead atoms. The highest BCUT2D eigenvalue weighted by Gasteiger charge is 2.02. The highest BCUT2D eigenvalue weighted by atomic mass is 35.5. The first-order valence-corrected chi connectivity index (χ1v) is 6.65. The molecule has 0 saturated carbocycles. The van der Waals surface area contributed by atoms with Gasteiger partial charge in [0.2, 0.25) is 0 Å². The molecule has 1 heterocycles. The van der Waals surface area contributed by atoms with Crippen molar-refractivity contribution < 1.29 is 9.53 Å². The maximum absolute atomic E-state index is 11.0. The summed E-state index contributed by atoms with van der Waals surface area (Å²) in [6.45, 7) is 1.19. The monoisotopic (exact) mass is 298 g/mol. The summed E-state index contributed by atoms with van der Waals surface area (Å²) >= 11 is 5.72. The van der Waals surface area contributed by atoms with Crippen LogP contribution in [0.25, 0.3) is 0 Å². The van der Waals surface area contributed by atoms with Gasteiger partial charge in [0.15, 0.2) is 5.96 Å². The molecule has 2 N–H and O–H groups in total. The molecule has 0 fully saturated rings. The van der Waals surface area contributed by atoms with Crippen LogP contribution in [-0.2, 0) is 16.0 Å². The molecule has 0 amide bonds. The quantitative estimate of drug-likeness (QED) is 0.355. The molecule has 0 aromatic carbocycles. The van der Waals surface area contributed by atoms with E-state index in [-0.39, 0.29) is 5.97 Å². The number of aliphatic imine (C=N–C) groups is 1. The minimum absolute atomic E-state index is 0.250. The van der Waals surface area contributed by atoms with Crippen LogP contribution < -0.4 is 10.6 Å². The number of carbonyl (C=O) groups is 1. The van der Waals surface area contributed by atoms with Crippen molar-refractivity contribution in [3.05, 3.63) is 29.0 Å². The Morgan fingerprint density at radius 1 is 1.40 bits per heavy atom. The van der Waals surface area contributed by atoms with Crippen LogP contribution in [0.2, 0.25) is 5.15 Å². The summed E-state index contributed by atoms with van der Waals surface area (Å²) < 4.78 is 4.56. The summed E-state index contributed by atoms with van der Waals surface area (Å²) in [4.78, 5) is 19.0. The fraction of sp³-hybridized carbons (Fsp3) is 0.462. The Hall–Kier alpha value is -1.82. The van der Waals surface area contributed by atoms with Gasteiger partial charge in [-0.05, 0) is 18.1 Å². The molecule has 0 aliphatic carbocycles. The average molecular weight is 299 g/mol. The molecule has 0 saturated heterocycles. The van der Waals surface area contributed by atoms with Gasteiger partial charge in [0.25, 0.3) is 0 Å². The fourth-order valence-corrected chi connectivity index (χ4v) is 1.60.